The molecule has 2 rings (SSSR count). The van der Waals surface area contributed by atoms with Gasteiger partial charge in [-0.2, -0.15) is 0 Å². The Morgan fingerprint density at radius 3 is 2.59 bits per heavy atom. The van der Waals surface area contributed by atoms with Crippen LogP contribution in [0.1, 0.15) is 18.9 Å². The van der Waals surface area contributed by atoms with Gasteiger partial charge in [0.15, 0.2) is 0 Å². The van der Waals surface area contributed by atoms with Crippen LogP contribution in [0.3, 0.4) is 0 Å². The Balaban J connectivity index is 2.10. The molecule has 3 unspecified atom stereocenters. The summed E-state index contributed by atoms with van der Waals surface area (Å²) in [7, 11) is 0. The largest absolute Gasteiger partial charge is 0.392 e. The van der Waals surface area contributed by atoms with Crippen molar-refractivity contribution in [2.75, 3.05) is 6.61 Å². The first-order valence-electron chi connectivity index (χ1n) is 5.82. The van der Waals surface area contributed by atoms with Crippen LogP contribution in [-0.2, 0) is 11.2 Å². The van der Waals surface area contributed by atoms with Gasteiger partial charge in [-0.05, 0) is 31.0 Å². The third-order valence-electron chi connectivity index (χ3n) is 3.40. The molecule has 3 atom stereocenters. The Morgan fingerprint density at radius 1 is 1.41 bits per heavy atom. The molecule has 94 valence electrons. The topological polar surface area (TPSA) is 29.5 Å². The molecule has 1 heterocycles. The van der Waals surface area contributed by atoms with Gasteiger partial charge in [0.25, 0.3) is 0 Å². The second kappa shape index (κ2) is 5.57. The minimum absolute atomic E-state index is 0.103. The van der Waals surface area contributed by atoms with Crippen molar-refractivity contribution >= 4 is 23.2 Å². The first-order chi connectivity index (χ1) is 8.09. The summed E-state index contributed by atoms with van der Waals surface area (Å²) in [5, 5.41) is 11.5. The van der Waals surface area contributed by atoms with Crippen LogP contribution in [0.25, 0.3) is 0 Å². The molecular weight excluding hydrogens is 259 g/mol. The maximum absolute atomic E-state index is 10.2. The zero-order valence-corrected chi connectivity index (χ0v) is 11.2. The summed E-state index contributed by atoms with van der Waals surface area (Å²) in [6.45, 7) is 2.72. The number of halogens is 2. The van der Waals surface area contributed by atoms with Crippen LogP contribution >= 0.6 is 23.2 Å². The van der Waals surface area contributed by atoms with Crippen molar-refractivity contribution in [1.82, 2.24) is 0 Å². The molecule has 1 saturated heterocycles. The van der Waals surface area contributed by atoms with Gasteiger partial charge in [-0.15, -0.1) is 0 Å². The number of benzene rings is 1. The van der Waals surface area contributed by atoms with Gasteiger partial charge in [0.05, 0.1) is 12.2 Å². The molecule has 0 saturated carbocycles. The van der Waals surface area contributed by atoms with Crippen molar-refractivity contribution in [1.29, 1.82) is 0 Å². The van der Waals surface area contributed by atoms with E-state index in [4.69, 9.17) is 27.9 Å². The van der Waals surface area contributed by atoms with Crippen LogP contribution in [0.5, 0.6) is 0 Å². The van der Waals surface area contributed by atoms with Crippen LogP contribution < -0.4 is 0 Å². The van der Waals surface area contributed by atoms with E-state index in [1.807, 2.05) is 13.0 Å². The SMILES string of the molecule is CC1OCCC1C(O)Cc1c(Cl)cccc1Cl. The minimum Gasteiger partial charge on any atom is -0.392 e. The molecule has 0 aliphatic carbocycles. The summed E-state index contributed by atoms with van der Waals surface area (Å²) >= 11 is 12.2. The zero-order valence-electron chi connectivity index (χ0n) is 9.70. The highest BCUT2D eigenvalue weighted by Gasteiger charge is 2.31. The fraction of sp³-hybridized carbons (Fsp3) is 0.538. The third-order valence-corrected chi connectivity index (χ3v) is 4.11. The van der Waals surface area contributed by atoms with Gasteiger partial charge in [-0.25, -0.2) is 0 Å². The molecule has 0 bridgehead atoms. The molecule has 17 heavy (non-hydrogen) atoms. The number of aliphatic hydroxyl groups is 1. The smallest absolute Gasteiger partial charge is 0.0635 e. The number of rotatable bonds is 3. The fourth-order valence-electron chi connectivity index (χ4n) is 2.34. The van der Waals surface area contributed by atoms with Crippen LogP contribution in [0, 0.1) is 5.92 Å². The molecule has 1 aromatic carbocycles. The molecule has 0 aromatic heterocycles. The standard InChI is InChI=1S/C13H16Cl2O2/c1-8-9(5-6-17-8)13(16)7-10-11(14)3-2-4-12(10)15/h2-4,8-9,13,16H,5-7H2,1H3. The van der Waals surface area contributed by atoms with E-state index >= 15 is 0 Å². The Kier molecular flexibility index (Phi) is 4.31. The average molecular weight is 275 g/mol. The number of hydrogen-bond acceptors (Lipinski definition) is 2. The Morgan fingerprint density at radius 2 is 2.06 bits per heavy atom. The predicted molar refractivity (Wildman–Crippen MR) is 69.7 cm³/mol. The van der Waals surface area contributed by atoms with Gasteiger partial charge >= 0.3 is 0 Å². The lowest BCUT2D eigenvalue weighted by Crippen LogP contribution is -2.28. The summed E-state index contributed by atoms with van der Waals surface area (Å²) in [4.78, 5) is 0. The van der Waals surface area contributed by atoms with Gasteiger partial charge < -0.3 is 9.84 Å². The summed E-state index contributed by atoms with van der Waals surface area (Å²) in [6.07, 6.45) is 1.03. The first kappa shape index (κ1) is 13.2. The molecular formula is C13H16Cl2O2. The number of ether oxygens (including phenoxy) is 1. The average Bonchev–Trinajstić information content (AvgIpc) is 2.70. The van der Waals surface area contributed by atoms with E-state index in [2.05, 4.69) is 0 Å². The first-order valence-corrected chi connectivity index (χ1v) is 6.57. The highest BCUT2D eigenvalue weighted by Crippen LogP contribution is 2.30. The Hall–Kier alpha value is -0.280. The van der Waals surface area contributed by atoms with Crippen LogP contribution in [0.2, 0.25) is 10.0 Å². The van der Waals surface area contributed by atoms with E-state index in [-0.39, 0.29) is 12.0 Å². The van der Waals surface area contributed by atoms with Crippen molar-refractivity contribution < 1.29 is 9.84 Å². The van der Waals surface area contributed by atoms with Gasteiger partial charge in [0, 0.05) is 29.0 Å². The van der Waals surface area contributed by atoms with Crippen LogP contribution in [0.15, 0.2) is 18.2 Å². The van der Waals surface area contributed by atoms with Gasteiger partial charge in [0.1, 0.15) is 0 Å². The maximum atomic E-state index is 10.2. The van der Waals surface area contributed by atoms with E-state index in [1.165, 1.54) is 0 Å². The molecule has 2 nitrogen and oxygen atoms in total. The summed E-state index contributed by atoms with van der Waals surface area (Å²) in [5.41, 5.74) is 0.822. The lowest BCUT2D eigenvalue weighted by atomic mass is 9.91. The molecule has 1 N–H and O–H groups in total. The zero-order chi connectivity index (χ0) is 12.4. The van der Waals surface area contributed by atoms with Crippen molar-refractivity contribution in [3.8, 4) is 0 Å². The summed E-state index contributed by atoms with van der Waals surface area (Å²) in [5.74, 6) is 0.169. The van der Waals surface area contributed by atoms with Crippen LogP contribution in [-0.4, -0.2) is 23.9 Å². The van der Waals surface area contributed by atoms with Gasteiger partial charge in [0.2, 0.25) is 0 Å². The lowest BCUT2D eigenvalue weighted by Gasteiger charge is -2.21. The van der Waals surface area contributed by atoms with E-state index < -0.39 is 6.10 Å². The molecule has 1 aromatic rings. The van der Waals surface area contributed by atoms with Gasteiger partial charge in [-0.1, -0.05) is 29.3 Å². The highest BCUT2D eigenvalue weighted by atomic mass is 35.5. The minimum atomic E-state index is -0.454. The molecule has 4 heteroatoms. The monoisotopic (exact) mass is 274 g/mol. The summed E-state index contributed by atoms with van der Waals surface area (Å²) in [6, 6.07) is 5.40. The van der Waals surface area contributed by atoms with Crippen molar-refractivity contribution in [3.63, 3.8) is 0 Å². The van der Waals surface area contributed by atoms with E-state index in [0.717, 1.165) is 18.6 Å². The van der Waals surface area contributed by atoms with Crippen molar-refractivity contribution in [3.05, 3.63) is 33.8 Å². The van der Waals surface area contributed by atoms with E-state index in [9.17, 15) is 5.11 Å². The van der Waals surface area contributed by atoms with Crippen molar-refractivity contribution in [2.24, 2.45) is 5.92 Å². The summed E-state index contributed by atoms with van der Waals surface area (Å²) < 4.78 is 5.46. The molecule has 1 aliphatic heterocycles. The Labute approximate surface area is 111 Å². The second-order valence-electron chi connectivity index (χ2n) is 4.50. The van der Waals surface area contributed by atoms with Gasteiger partial charge in [-0.3, -0.25) is 0 Å². The maximum Gasteiger partial charge on any atom is 0.0635 e. The molecule has 0 radical (unpaired) electrons. The van der Waals surface area contributed by atoms with E-state index in [0.29, 0.717) is 16.5 Å². The van der Waals surface area contributed by atoms with Crippen molar-refractivity contribution in [2.45, 2.75) is 32.0 Å². The van der Waals surface area contributed by atoms with E-state index in [1.54, 1.807) is 12.1 Å². The molecule has 0 amide bonds. The second-order valence-corrected chi connectivity index (χ2v) is 5.31. The quantitative estimate of drug-likeness (QED) is 0.917. The molecule has 0 spiro atoms. The predicted octanol–water partition coefficient (Wildman–Crippen LogP) is 3.32. The number of aliphatic hydroxyl groups excluding tert-OH is 1. The number of hydrogen-bond donors (Lipinski definition) is 1. The lowest BCUT2D eigenvalue weighted by molar-refractivity contribution is 0.0441. The Bertz CT molecular complexity index is 375. The molecule has 1 aliphatic rings. The fourth-order valence-corrected chi connectivity index (χ4v) is 2.89. The van der Waals surface area contributed by atoms with Crippen LogP contribution in [0.4, 0.5) is 0 Å². The highest BCUT2D eigenvalue weighted by molar-refractivity contribution is 6.35. The third kappa shape index (κ3) is 2.94. The normalized spacial score (nSPS) is 26.1. The molecule has 1 fully saturated rings.